The molecule has 2 N–H and O–H groups in total. The van der Waals surface area contributed by atoms with Crippen molar-refractivity contribution in [2.45, 2.75) is 39.5 Å². The van der Waals surface area contributed by atoms with E-state index in [1.54, 1.807) is 11.8 Å². The number of nitrogens with two attached hydrogens (primary N) is 1. The molecule has 0 saturated carbocycles. The average molecular weight is 301 g/mol. The summed E-state index contributed by atoms with van der Waals surface area (Å²) >= 11 is 6.44. The van der Waals surface area contributed by atoms with Crippen LogP contribution in [0.1, 0.15) is 39.5 Å². The molecular weight excluding hydrogens is 282 g/mol. The van der Waals surface area contributed by atoms with Crippen LogP contribution in [-0.4, -0.2) is 10.1 Å². The van der Waals surface area contributed by atoms with Crippen molar-refractivity contribution in [3.8, 4) is 0 Å². The van der Waals surface area contributed by atoms with E-state index in [2.05, 4.69) is 13.8 Å². The van der Waals surface area contributed by atoms with Gasteiger partial charge < -0.3 is 5.73 Å². The third-order valence-corrected chi connectivity index (χ3v) is 3.28. The average Bonchev–Trinajstić information content (AvgIpc) is 2.05. The van der Waals surface area contributed by atoms with Crippen molar-refractivity contribution in [2.75, 3.05) is 5.75 Å². The van der Waals surface area contributed by atoms with E-state index in [1.807, 2.05) is 0 Å². The second kappa shape index (κ2) is 11.0. The van der Waals surface area contributed by atoms with Crippen molar-refractivity contribution in [2.24, 2.45) is 11.7 Å². The molecule has 0 aromatic heterocycles. The summed E-state index contributed by atoms with van der Waals surface area (Å²) in [5.41, 5.74) is 5.42. The standard InChI is InChI=1S/C9H19NS2.Mo/c1-3-5-6-8(4-2)7-12-9(10)11;/h8H,3-7H2,1-2H3,(H2,10,11);. The van der Waals surface area contributed by atoms with Crippen LogP contribution in [0.3, 0.4) is 0 Å². The van der Waals surface area contributed by atoms with Gasteiger partial charge in [-0.2, -0.15) is 0 Å². The Hall–Kier alpha value is 0.928. The molecule has 0 aromatic carbocycles. The van der Waals surface area contributed by atoms with E-state index in [9.17, 15) is 0 Å². The van der Waals surface area contributed by atoms with Crippen molar-refractivity contribution >= 4 is 28.3 Å². The van der Waals surface area contributed by atoms with Crippen LogP contribution in [0.25, 0.3) is 0 Å². The van der Waals surface area contributed by atoms with E-state index < -0.39 is 0 Å². The van der Waals surface area contributed by atoms with Gasteiger partial charge in [0.05, 0.1) is 0 Å². The van der Waals surface area contributed by atoms with E-state index in [4.69, 9.17) is 18.0 Å². The molecule has 1 unspecified atom stereocenters. The van der Waals surface area contributed by atoms with Crippen LogP contribution in [0.4, 0.5) is 0 Å². The number of hydrogen-bond donors (Lipinski definition) is 1. The van der Waals surface area contributed by atoms with Crippen LogP contribution in [0, 0.1) is 5.92 Å². The Kier molecular flexibility index (Phi) is 13.9. The van der Waals surface area contributed by atoms with Crippen LogP contribution in [-0.2, 0) is 21.1 Å². The molecule has 0 aromatic rings. The van der Waals surface area contributed by atoms with Crippen molar-refractivity contribution in [3.63, 3.8) is 0 Å². The van der Waals surface area contributed by atoms with Crippen LogP contribution in [0.15, 0.2) is 0 Å². The van der Waals surface area contributed by atoms with Gasteiger partial charge in [-0.15, -0.1) is 0 Å². The SMILES string of the molecule is CCCCC(CC)CSC(N)=S.[Mo]. The summed E-state index contributed by atoms with van der Waals surface area (Å²) < 4.78 is 0.588. The van der Waals surface area contributed by atoms with Crippen LogP contribution >= 0.6 is 24.0 Å². The first-order chi connectivity index (χ1) is 5.70. The van der Waals surface area contributed by atoms with Gasteiger partial charge in [-0.05, 0) is 12.3 Å². The third-order valence-electron chi connectivity index (χ3n) is 2.00. The quantitative estimate of drug-likeness (QED) is 0.603. The summed E-state index contributed by atoms with van der Waals surface area (Å²) in [6, 6.07) is 0. The van der Waals surface area contributed by atoms with Crippen LogP contribution in [0.5, 0.6) is 0 Å². The first kappa shape index (κ1) is 16.4. The minimum absolute atomic E-state index is 0. The Morgan fingerprint density at radius 2 is 2.08 bits per heavy atom. The van der Waals surface area contributed by atoms with E-state index in [0.29, 0.717) is 4.32 Å². The van der Waals surface area contributed by atoms with E-state index in [0.717, 1.165) is 11.7 Å². The minimum Gasteiger partial charge on any atom is -0.385 e. The zero-order chi connectivity index (χ0) is 9.40. The molecule has 0 spiro atoms. The number of thioether (sulfide) groups is 1. The first-order valence-electron chi connectivity index (χ1n) is 4.62. The molecule has 0 fully saturated rings. The van der Waals surface area contributed by atoms with E-state index in [-0.39, 0.29) is 21.1 Å². The predicted octanol–water partition coefficient (Wildman–Crippen LogP) is 3.18. The summed E-state index contributed by atoms with van der Waals surface area (Å²) in [4.78, 5) is 0. The Morgan fingerprint density at radius 3 is 2.46 bits per heavy atom. The Labute approximate surface area is 106 Å². The van der Waals surface area contributed by atoms with Crippen molar-refractivity contribution in [3.05, 3.63) is 0 Å². The maximum atomic E-state index is 5.42. The van der Waals surface area contributed by atoms with Crippen LogP contribution in [0.2, 0.25) is 0 Å². The Balaban J connectivity index is 0. The van der Waals surface area contributed by atoms with E-state index >= 15 is 0 Å². The fourth-order valence-electron chi connectivity index (χ4n) is 1.10. The molecule has 0 saturated heterocycles. The molecule has 0 amide bonds. The fourth-order valence-corrected chi connectivity index (χ4v) is 2.10. The maximum Gasteiger partial charge on any atom is 0.131 e. The molecule has 1 atom stereocenters. The second-order valence-corrected chi connectivity index (χ2v) is 4.81. The molecule has 0 aliphatic heterocycles. The van der Waals surface area contributed by atoms with Crippen molar-refractivity contribution in [1.29, 1.82) is 0 Å². The maximum absolute atomic E-state index is 5.42. The van der Waals surface area contributed by atoms with Gasteiger partial charge in [0, 0.05) is 26.8 Å². The van der Waals surface area contributed by atoms with Crippen LogP contribution < -0.4 is 5.73 Å². The van der Waals surface area contributed by atoms with E-state index in [1.165, 1.54) is 25.7 Å². The molecule has 0 radical (unpaired) electrons. The van der Waals surface area contributed by atoms with Gasteiger partial charge in [-0.3, -0.25) is 0 Å². The Morgan fingerprint density at radius 1 is 1.46 bits per heavy atom. The normalized spacial score (nSPS) is 11.8. The molecule has 0 bridgehead atoms. The number of unbranched alkanes of at least 4 members (excludes halogenated alkanes) is 1. The van der Waals surface area contributed by atoms with Gasteiger partial charge in [0.25, 0.3) is 0 Å². The summed E-state index contributed by atoms with van der Waals surface area (Å²) in [5, 5.41) is 0. The fraction of sp³-hybridized carbons (Fsp3) is 0.889. The van der Waals surface area contributed by atoms with Gasteiger partial charge in [0.2, 0.25) is 0 Å². The molecule has 0 aliphatic carbocycles. The molecule has 1 nitrogen and oxygen atoms in total. The summed E-state index contributed by atoms with van der Waals surface area (Å²) in [6.07, 6.45) is 5.18. The molecule has 0 heterocycles. The van der Waals surface area contributed by atoms with Gasteiger partial charge in [0.1, 0.15) is 4.32 Å². The summed E-state index contributed by atoms with van der Waals surface area (Å²) in [5.74, 6) is 1.91. The number of rotatable bonds is 6. The number of thiocarbonyl (C=S) groups is 1. The summed E-state index contributed by atoms with van der Waals surface area (Å²) in [7, 11) is 0. The van der Waals surface area contributed by atoms with Gasteiger partial charge in [-0.1, -0.05) is 57.1 Å². The molecule has 78 valence electrons. The van der Waals surface area contributed by atoms with Gasteiger partial charge in [0.15, 0.2) is 0 Å². The molecule has 0 aliphatic rings. The van der Waals surface area contributed by atoms with Gasteiger partial charge >= 0.3 is 0 Å². The smallest absolute Gasteiger partial charge is 0.131 e. The molecular formula is C9H19MoNS2. The minimum atomic E-state index is 0. The zero-order valence-corrected chi connectivity index (χ0v) is 12.1. The molecule has 13 heavy (non-hydrogen) atoms. The summed E-state index contributed by atoms with van der Waals surface area (Å²) in [6.45, 7) is 4.47. The molecule has 4 heteroatoms. The molecule has 0 rings (SSSR count). The van der Waals surface area contributed by atoms with Crippen molar-refractivity contribution < 1.29 is 21.1 Å². The largest absolute Gasteiger partial charge is 0.385 e. The zero-order valence-electron chi connectivity index (χ0n) is 8.41. The Bertz CT molecular complexity index is 131. The predicted molar refractivity (Wildman–Crippen MR) is 62.5 cm³/mol. The number of hydrogen-bond acceptors (Lipinski definition) is 2. The monoisotopic (exact) mass is 303 g/mol. The van der Waals surface area contributed by atoms with Gasteiger partial charge in [-0.25, -0.2) is 0 Å². The third kappa shape index (κ3) is 10.9. The topological polar surface area (TPSA) is 26.0 Å². The van der Waals surface area contributed by atoms with Crippen molar-refractivity contribution in [1.82, 2.24) is 0 Å². The second-order valence-electron chi connectivity index (χ2n) is 3.05. The first-order valence-corrected chi connectivity index (χ1v) is 6.02.